The Bertz CT molecular complexity index is 705. The lowest BCUT2D eigenvalue weighted by molar-refractivity contribution is -0.387. The van der Waals surface area contributed by atoms with Gasteiger partial charge in [-0.1, -0.05) is 0 Å². The largest absolute Gasteiger partial charge is 0.508 e. The van der Waals surface area contributed by atoms with Gasteiger partial charge < -0.3 is 10.4 Å². The number of aryl methyl sites for hydroxylation is 1. The molecule has 0 amide bonds. The number of phenols is 1. The summed E-state index contributed by atoms with van der Waals surface area (Å²) in [7, 11) is 0. The third kappa shape index (κ3) is 3.25. The van der Waals surface area contributed by atoms with Gasteiger partial charge in [-0.3, -0.25) is 10.1 Å². The van der Waals surface area contributed by atoms with Crippen LogP contribution in [0.1, 0.15) is 11.1 Å². The first kappa shape index (κ1) is 14.7. The van der Waals surface area contributed by atoms with Crippen LogP contribution in [0, 0.1) is 28.7 Å². The Kier molecular flexibility index (Phi) is 4.02. The van der Waals surface area contributed by atoms with Gasteiger partial charge in [0.1, 0.15) is 11.6 Å². The molecule has 0 aliphatic heterocycles. The third-order valence-corrected chi connectivity index (χ3v) is 2.99. The second-order valence-electron chi connectivity index (χ2n) is 4.51. The number of anilines is 1. The first-order valence-electron chi connectivity index (χ1n) is 6.04. The number of hydrogen-bond acceptors (Lipinski definition) is 4. The van der Waals surface area contributed by atoms with Crippen molar-refractivity contribution in [3.8, 4) is 5.75 Å². The second-order valence-corrected chi connectivity index (χ2v) is 4.51. The first-order chi connectivity index (χ1) is 9.88. The third-order valence-electron chi connectivity index (χ3n) is 2.99. The Balaban J connectivity index is 2.21. The van der Waals surface area contributed by atoms with E-state index in [1.165, 1.54) is 6.07 Å². The van der Waals surface area contributed by atoms with E-state index in [1.807, 2.05) is 0 Å². The maximum Gasteiger partial charge on any atom is 0.305 e. The summed E-state index contributed by atoms with van der Waals surface area (Å²) in [6.07, 6.45) is 0. The van der Waals surface area contributed by atoms with Gasteiger partial charge in [-0.15, -0.1) is 0 Å². The fraction of sp³-hybridized carbons (Fsp3) is 0.143. The molecule has 5 nitrogen and oxygen atoms in total. The zero-order chi connectivity index (χ0) is 15.6. The predicted molar refractivity (Wildman–Crippen MR) is 73.2 cm³/mol. The lowest BCUT2D eigenvalue weighted by Gasteiger charge is -2.09. The molecular weight excluding hydrogens is 282 g/mol. The van der Waals surface area contributed by atoms with Crippen LogP contribution in [0.5, 0.6) is 5.75 Å². The molecule has 0 radical (unpaired) electrons. The molecule has 0 saturated carbocycles. The molecule has 7 heteroatoms. The van der Waals surface area contributed by atoms with Crippen LogP contribution in [-0.2, 0) is 6.54 Å². The van der Waals surface area contributed by atoms with E-state index in [2.05, 4.69) is 5.32 Å². The zero-order valence-corrected chi connectivity index (χ0v) is 11.1. The standard InChI is InChI=1S/C14H12F2N2O3/c1-8-4-10(2-3-14(8)19)17-7-9-5-13(18(20)21)12(16)6-11(9)15/h2-6,17,19H,7H2,1H3. The molecule has 0 bridgehead atoms. The van der Waals surface area contributed by atoms with Gasteiger partial charge in [0.05, 0.1) is 4.92 Å². The quantitative estimate of drug-likeness (QED) is 0.514. The van der Waals surface area contributed by atoms with Gasteiger partial charge in [-0.25, -0.2) is 4.39 Å². The Morgan fingerprint density at radius 2 is 1.95 bits per heavy atom. The lowest BCUT2D eigenvalue weighted by atomic mass is 10.1. The summed E-state index contributed by atoms with van der Waals surface area (Å²) in [5.41, 5.74) is 0.450. The number of phenolic OH excluding ortho intramolecular Hbond substituents is 1. The highest BCUT2D eigenvalue weighted by molar-refractivity contribution is 5.51. The van der Waals surface area contributed by atoms with E-state index in [1.54, 1.807) is 19.1 Å². The average Bonchev–Trinajstić information content (AvgIpc) is 2.41. The summed E-state index contributed by atoms with van der Waals surface area (Å²) < 4.78 is 26.8. The summed E-state index contributed by atoms with van der Waals surface area (Å²) in [6, 6.07) is 6.06. The average molecular weight is 294 g/mol. The topological polar surface area (TPSA) is 75.4 Å². The molecule has 0 fully saturated rings. The number of nitrogens with one attached hydrogen (secondary N) is 1. The molecule has 2 aromatic carbocycles. The maximum atomic E-state index is 13.6. The second kappa shape index (κ2) is 5.74. The van der Waals surface area contributed by atoms with Gasteiger partial charge >= 0.3 is 5.69 Å². The summed E-state index contributed by atoms with van der Waals surface area (Å²) in [4.78, 5) is 9.74. The molecule has 2 N–H and O–H groups in total. The smallest absolute Gasteiger partial charge is 0.305 e. The molecule has 2 aromatic rings. The molecule has 0 aliphatic carbocycles. The minimum Gasteiger partial charge on any atom is -0.508 e. The van der Waals surface area contributed by atoms with Gasteiger partial charge in [0.25, 0.3) is 0 Å². The molecule has 0 unspecified atom stereocenters. The minimum atomic E-state index is -1.21. The minimum absolute atomic E-state index is 0.0196. The monoisotopic (exact) mass is 294 g/mol. The molecule has 0 saturated heterocycles. The highest BCUT2D eigenvalue weighted by atomic mass is 19.1. The molecule has 0 atom stereocenters. The summed E-state index contributed by atoms with van der Waals surface area (Å²) >= 11 is 0. The molecule has 110 valence electrons. The van der Waals surface area contributed by atoms with Crippen LogP contribution in [0.15, 0.2) is 30.3 Å². The number of nitro benzene ring substituents is 1. The van der Waals surface area contributed by atoms with Crippen molar-refractivity contribution in [2.24, 2.45) is 0 Å². The van der Waals surface area contributed by atoms with Crippen LogP contribution in [-0.4, -0.2) is 10.0 Å². The summed E-state index contributed by atoms with van der Waals surface area (Å²) in [5.74, 6) is -1.94. The van der Waals surface area contributed by atoms with Crippen molar-refractivity contribution in [2.75, 3.05) is 5.32 Å². The number of hydrogen-bond donors (Lipinski definition) is 2. The number of rotatable bonds is 4. The van der Waals surface area contributed by atoms with Crippen molar-refractivity contribution in [3.63, 3.8) is 0 Å². The van der Waals surface area contributed by atoms with Crippen LogP contribution in [0.4, 0.5) is 20.2 Å². The molecule has 0 aromatic heterocycles. The molecule has 21 heavy (non-hydrogen) atoms. The fourth-order valence-electron chi connectivity index (χ4n) is 1.82. The number of nitrogens with zero attached hydrogens (tertiary/aromatic N) is 1. The predicted octanol–water partition coefficient (Wildman–Crippen LogP) is 3.50. The molecule has 2 rings (SSSR count). The highest BCUT2D eigenvalue weighted by Gasteiger charge is 2.18. The van der Waals surface area contributed by atoms with E-state index >= 15 is 0 Å². The van der Waals surface area contributed by atoms with E-state index in [4.69, 9.17) is 0 Å². The number of benzene rings is 2. The SMILES string of the molecule is Cc1cc(NCc2cc([N+](=O)[O-])c(F)cc2F)ccc1O. The van der Waals surface area contributed by atoms with Gasteiger partial charge in [-0.2, -0.15) is 4.39 Å². The first-order valence-corrected chi connectivity index (χ1v) is 6.04. The zero-order valence-electron chi connectivity index (χ0n) is 11.1. The highest BCUT2D eigenvalue weighted by Crippen LogP contribution is 2.24. The maximum absolute atomic E-state index is 13.6. The molecule has 0 aliphatic rings. The van der Waals surface area contributed by atoms with Crippen LogP contribution < -0.4 is 5.32 Å². The van der Waals surface area contributed by atoms with E-state index in [-0.39, 0.29) is 17.9 Å². The van der Waals surface area contributed by atoms with E-state index in [0.717, 1.165) is 6.07 Å². The van der Waals surface area contributed by atoms with Crippen molar-refractivity contribution >= 4 is 11.4 Å². The van der Waals surface area contributed by atoms with Crippen molar-refractivity contribution in [1.82, 2.24) is 0 Å². The van der Waals surface area contributed by atoms with Crippen LogP contribution >= 0.6 is 0 Å². The summed E-state index contributed by atoms with van der Waals surface area (Å²) in [5, 5.41) is 22.9. The summed E-state index contributed by atoms with van der Waals surface area (Å²) in [6.45, 7) is 1.65. The molecule has 0 heterocycles. The van der Waals surface area contributed by atoms with E-state index < -0.39 is 22.2 Å². The fourth-order valence-corrected chi connectivity index (χ4v) is 1.82. The van der Waals surface area contributed by atoms with Gasteiger partial charge in [0.15, 0.2) is 0 Å². The van der Waals surface area contributed by atoms with Gasteiger partial charge in [-0.05, 0) is 30.7 Å². The number of halogens is 2. The Labute approximate surface area is 119 Å². The van der Waals surface area contributed by atoms with Crippen molar-refractivity contribution in [2.45, 2.75) is 13.5 Å². The Hall–Kier alpha value is -2.70. The van der Waals surface area contributed by atoms with Crippen molar-refractivity contribution < 1.29 is 18.8 Å². The van der Waals surface area contributed by atoms with Crippen LogP contribution in [0.2, 0.25) is 0 Å². The Morgan fingerprint density at radius 3 is 2.57 bits per heavy atom. The Morgan fingerprint density at radius 1 is 1.24 bits per heavy atom. The normalized spacial score (nSPS) is 10.4. The van der Waals surface area contributed by atoms with Gasteiger partial charge in [0.2, 0.25) is 5.82 Å². The molecular formula is C14H12F2N2O3. The number of nitro groups is 1. The van der Waals surface area contributed by atoms with Crippen molar-refractivity contribution in [1.29, 1.82) is 0 Å². The van der Waals surface area contributed by atoms with Crippen LogP contribution in [0.3, 0.4) is 0 Å². The van der Waals surface area contributed by atoms with Gasteiger partial charge in [0, 0.05) is 29.9 Å². The van der Waals surface area contributed by atoms with Crippen molar-refractivity contribution in [3.05, 3.63) is 63.2 Å². The number of aromatic hydroxyl groups is 1. The lowest BCUT2D eigenvalue weighted by Crippen LogP contribution is -2.04. The van der Waals surface area contributed by atoms with E-state index in [0.29, 0.717) is 17.3 Å². The van der Waals surface area contributed by atoms with E-state index in [9.17, 15) is 24.0 Å². The molecule has 0 spiro atoms. The van der Waals surface area contributed by atoms with Crippen LogP contribution in [0.25, 0.3) is 0 Å².